The van der Waals surface area contributed by atoms with Crippen molar-refractivity contribution in [3.63, 3.8) is 0 Å². The Morgan fingerprint density at radius 3 is 1.59 bits per heavy atom. The van der Waals surface area contributed by atoms with Crippen LogP contribution in [0.1, 0.15) is 22.3 Å². The number of nitrogen functional groups attached to an aromatic ring is 1. The molecule has 0 atom stereocenters. The van der Waals surface area contributed by atoms with E-state index in [1.807, 2.05) is 12.1 Å². The van der Waals surface area contributed by atoms with Crippen LogP contribution in [0.25, 0.3) is 0 Å². The average Bonchev–Trinajstić information content (AvgIpc) is 2.65. The molecule has 152 valence electrons. The molecule has 2 N–H and O–H groups in total. The molecule has 0 unspecified atom stereocenters. The molecule has 0 aliphatic rings. The molecule has 0 saturated heterocycles. The predicted octanol–water partition coefficient (Wildman–Crippen LogP) is 4.17. The highest BCUT2D eigenvalue weighted by Crippen LogP contribution is 2.33. The number of hydrogen-bond acceptors (Lipinski definition) is 5. The van der Waals surface area contributed by atoms with Crippen LogP contribution in [0, 0.1) is 27.7 Å². The Morgan fingerprint density at radius 1 is 0.586 bits per heavy atom. The maximum atomic E-state index is 13.3. The van der Waals surface area contributed by atoms with Gasteiger partial charge in [0.1, 0.15) is 0 Å². The largest absolute Gasteiger partial charge is 0.398 e. The first kappa shape index (κ1) is 21.1. The molecule has 5 nitrogen and oxygen atoms in total. The van der Waals surface area contributed by atoms with Gasteiger partial charge in [0.15, 0.2) is 0 Å². The number of sulfone groups is 2. The van der Waals surface area contributed by atoms with Crippen LogP contribution in [-0.4, -0.2) is 16.8 Å². The van der Waals surface area contributed by atoms with Crippen LogP contribution in [-0.2, 0) is 19.7 Å². The number of aryl methyl sites for hydroxylation is 4. The lowest BCUT2D eigenvalue weighted by Gasteiger charge is -2.14. The van der Waals surface area contributed by atoms with Gasteiger partial charge in [0.25, 0.3) is 0 Å². The molecule has 0 aliphatic heterocycles. The number of rotatable bonds is 4. The summed E-state index contributed by atoms with van der Waals surface area (Å²) in [6.07, 6.45) is 0. The predicted molar refractivity (Wildman–Crippen MR) is 114 cm³/mol. The second-order valence-corrected chi connectivity index (χ2v) is 11.0. The van der Waals surface area contributed by atoms with Crippen LogP contribution in [0.3, 0.4) is 0 Å². The lowest BCUT2D eigenvalue weighted by molar-refractivity contribution is 0.593. The summed E-state index contributed by atoms with van der Waals surface area (Å²) < 4.78 is 53.0. The van der Waals surface area contributed by atoms with Crippen molar-refractivity contribution in [1.29, 1.82) is 0 Å². The zero-order valence-corrected chi connectivity index (χ0v) is 18.4. The quantitative estimate of drug-likeness (QED) is 0.628. The second-order valence-electron chi connectivity index (χ2n) is 7.24. The fourth-order valence-electron chi connectivity index (χ4n) is 3.15. The minimum absolute atomic E-state index is 0.00539. The molecule has 3 aromatic rings. The maximum Gasteiger partial charge on any atom is 0.208 e. The molecule has 0 aliphatic carbocycles. The van der Waals surface area contributed by atoms with Gasteiger partial charge < -0.3 is 5.73 Å². The van der Waals surface area contributed by atoms with Crippen molar-refractivity contribution in [3.05, 3.63) is 76.9 Å². The lowest BCUT2D eigenvalue weighted by Crippen LogP contribution is -2.11. The van der Waals surface area contributed by atoms with Crippen molar-refractivity contribution < 1.29 is 16.8 Å². The molecule has 0 heterocycles. The van der Waals surface area contributed by atoms with Crippen molar-refractivity contribution in [2.24, 2.45) is 0 Å². The Hall–Kier alpha value is -2.64. The van der Waals surface area contributed by atoms with Crippen molar-refractivity contribution in [3.8, 4) is 0 Å². The summed E-state index contributed by atoms with van der Waals surface area (Å²) in [6.45, 7) is 7.00. The maximum absolute atomic E-state index is 13.3. The number of benzene rings is 3. The summed E-state index contributed by atoms with van der Waals surface area (Å²) in [6, 6.07) is 14.1. The Kier molecular flexibility index (Phi) is 5.32. The van der Waals surface area contributed by atoms with E-state index in [4.69, 9.17) is 5.73 Å². The van der Waals surface area contributed by atoms with Crippen LogP contribution >= 0.6 is 0 Å². The van der Waals surface area contributed by atoms with Crippen molar-refractivity contribution in [2.75, 3.05) is 5.73 Å². The molecule has 0 aromatic heterocycles. The highest BCUT2D eigenvalue weighted by molar-refractivity contribution is 7.92. The van der Waals surface area contributed by atoms with Crippen LogP contribution in [0.15, 0.2) is 74.2 Å². The average molecular weight is 430 g/mol. The normalized spacial score (nSPS) is 12.1. The van der Waals surface area contributed by atoms with E-state index in [9.17, 15) is 16.8 Å². The van der Waals surface area contributed by atoms with E-state index in [2.05, 4.69) is 0 Å². The number of anilines is 1. The van der Waals surface area contributed by atoms with E-state index in [0.29, 0.717) is 11.1 Å². The van der Waals surface area contributed by atoms with Crippen LogP contribution in [0.4, 0.5) is 5.69 Å². The van der Waals surface area contributed by atoms with E-state index in [-0.39, 0.29) is 25.3 Å². The van der Waals surface area contributed by atoms with E-state index >= 15 is 0 Å². The van der Waals surface area contributed by atoms with E-state index in [1.54, 1.807) is 52.0 Å². The highest BCUT2D eigenvalue weighted by atomic mass is 32.2. The first-order chi connectivity index (χ1) is 13.4. The molecule has 0 bridgehead atoms. The number of nitrogens with two attached hydrogens (primary N) is 1. The summed E-state index contributed by atoms with van der Waals surface area (Å²) in [5, 5.41) is 0. The third-order valence-corrected chi connectivity index (χ3v) is 8.70. The topological polar surface area (TPSA) is 94.3 Å². The SMILES string of the molecule is Cc1ccc(C)c(S(=O)(=O)c2ccc(N)c(S(=O)(=O)c3cc(C)ccc3C)c2)c1. The Balaban J connectivity index is 2.24. The van der Waals surface area contributed by atoms with Crippen LogP contribution < -0.4 is 5.73 Å². The van der Waals surface area contributed by atoms with Gasteiger partial charge in [-0.2, -0.15) is 0 Å². The van der Waals surface area contributed by atoms with Gasteiger partial charge in [-0.3, -0.25) is 0 Å². The summed E-state index contributed by atoms with van der Waals surface area (Å²) in [4.78, 5) is -0.0512. The Bertz CT molecular complexity index is 1320. The standard InChI is InChI=1S/C22H23NO4S2/c1-14-5-7-16(3)20(11-14)28(24,25)18-9-10-19(23)22(13-18)29(26,27)21-12-15(2)6-8-17(21)4/h5-13H,23H2,1-4H3. The monoisotopic (exact) mass is 429 g/mol. The van der Waals surface area contributed by atoms with Gasteiger partial charge in [-0.1, -0.05) is 24.3 Å². The Labute approximate surface area is 172 Å². The van der Waals surface area contributed by atoms with Crippen LogP contribution in [0.2, 0.25) is 0 Å². The van der Waals surface area contributed by atoms with E-state index in [0.717, 1.165) is 17.2 Å². The third kappa shape index (κ3) is 3.80. The molecule has 0 fully saturated rings. The number of hydrogen-bond donors (Lipinski definition) is 1. The van der Waals surface area contributed by atoms with Crippen LogP contribution in [0.5, 0.6) is 0 Å². The summed E-state index contributed by atoms with van der Waals surface area (Å²) in [5.41, 5.74) is 8.71. The second kappa shape index (κ2) is 7.31. The van der Waals surface area contributed by atoms with Crippen molar-refractivity contribution >= 4 is 25.4 Å². The molecule has 0 spiro atoms. The zero-order chi connectivity index (χ0) is 21.6. The minimum atomic E-state index is -4.00. The Morgan fingerprint density at radius 2 is 1.07 bits per heavy atom. The molecule has 0 radical (unpaired) electrons. The van der Waals surface area contributed by atoms with Gasteiger partial charge in [0.2, 0.25) is 19.7 Å². The first-order valence-electron chi connectivity index (χ1n) is 8.99. The first-order valence-corrected chi connectivity index (χ1v) is 12.0. The van der Waals surface area contributed by atoms with Gasteiger partial charge in [-0.05, 0) is 80.3 Å². The van der Waals surface area contributed by atoms with Gasteiger partial charge >= 0.3 is 0 Å². The molecule has 3 rings (SSSR count). The molecule has 3 aromatic carbocycles. The van der Waals surface area contributed by atoms with Crippen molar-refractivity contribution in [2.45, 2.75) is 47.3 Å². The zero-order valence-electron chi connectivity index (χ0n) is 16.7. The highest BCUT2D eigenvalue weighted by Gasteiger charge is 2.27. The third-order valence-electron chi connectivity index (χ3n) is 4.85. The molecule has 0 amide bonds. The van der Waals surface area contributed by atoms with E-state index < -0.39 is 19.7 Å². The fourth-order valence-corrected chi connectivity index (χ4v) is 6.57. The smallest absolute Gasteiger partial charge is 0.208 e. The minimum Gasteiger partial charge on any atom is -0.398 e. The molecule has 29 heavy (non-hydrogen) atoms. The molecular weight excluding hydrogens is 406 g/mol. The summed E-state index contributed by atoms with van der Waals surface area (Å²) in [7, 11) is -7.91. The fraction of sp³-hybridized carbons (Fsp3) is 0.182. The van der Waals surface area contributed by atoms with Gasteiger partial charge in [-0.15, -0.1) is 0 Å². The molecule has 7 heteroatoms. The molecule has 0 saturated carbocycles. The summed E-state index contributed by atoms with van der Waals surface area (Å²) in [5.74, 6) is 0. The van der Waals surface area contributed by atoms with Gasteiger partial charge in [0, 0.05) is 0 Å². The van der Waals surface area contributed by atoms with Gasteiger partial charge in [0.05, 0.1) is 25.3 Å². The summed E-state index contributed by atoms with van der Waals surface area (Å²) >= 11 is 0. The molecular formula is C22H23NO4S2. The van der Waals surface area contributed by atoms with E-state index in [1.165, 1.54) is 12.1 Å². The lowest BCUT2D eigenvalue weighted by atomic mass is 10.2. The van der Waals surface area contributed by atoms with Crippen molar-refractivity contribution in [1.82, 2.24) is 0 Å². The van der Waals surface area contributed by atoms with Gasteiger partial charge in [-0.25, -0.2) is 16.8 Å².